The SMILES string of the molecule is C[C@H](NC(=O)[C@@H]1CCCN1C(=O)[C@H](CO)NC(=O)[C@H](CO)NC(=O)[C@H](CO)NC(=O)[C@@H](N)CC(=O)O)C(=O)N[C@@H](CCCN=C(N)N)C(=O)O. The second-order valence-electron chi connectivity index (χ2n) is 11.2. The van der Waals surface area contributed by atoms with Gasteiger partial charge in [0.25, 0.3) is 0 Å². The van der Waals surface area contributed by atoms with Gasteiger partial charge in [-0.25, -0.2) is 4.79 Å². The van der Waals surface area contributed by atoms with Crippen molar-refractivity contribution in [2.24, 2.45) is 22.2 Å². The summed E-state index contributed by atoms with van der Waals surface area (Å²) in [6, 6.07) is -10.4. The Balaban J connectivity index is 2.85. The second-order valence-corrected chi connectivity index (χ2v) is 11.2. The van der Waals surface area contributed by atoms with Gasteiger partial charge < -0.3 is 74.2 Å². The molecule has 0 radical (unpaired) electrons. The largest absolute Gasteiger partial charge is 0.481 e. The number of aliphatic carboxylic acids is 2. The van der Waals surface area contributed by atoms with Gasteiger partial charge in [0.05, 0.1) is 32.3 Å². The zero-order chi connectivity index (χ0) is 38.1. The molecule has 16 N–H and O–H groups in total. The molecular formula is C27H46N10O13. The fourth-order valence-corrected chi connectivity index (χ4v) is 4.61. The number of amides is 6. The van der Waals surface area contributed by atoms with Gasteiger partial charge in [-0.05, 0) is 32.6 Å². The van der Waals surface area contributed by atoms with Crippen molar-refractivity contribution in [3.05, 3.63) is 0 Å². The number of aliphatic hydroxyl groups excluding tert-OH is 3. The van der Waals surface area contributed by atoms with Crippen LogP contribution < -0.4 is 43.8 Å². The van der Waals surface area contributed by atoms with E-state index in [1.165, 1.54) is 6.92 Å². The molecule has 0 bridgehead atoms. The number of carbonyl (C=O) groups is 8. The molecule has 282 valence electrons. The smallest absolute Gasteiger partial charge is 0.326 e. The molecule has 23 heteroatoms. The molecule has 1 heterocycles. The molecule has 0 aliphatic carbocycles. The van der Waals surface area contributed by atoms with Gasteiger partial charge >= 0.3 is 11.9 Å². The highest BCUT2D eigenvalue weighted by Gasteiger charge is 2.39. The molecule has 1 aliphatic rings. The molecule has 7 atom stereocenters. The summed E-state index contributed by atoms with van der Waals surface area (Å²) >= 11 is 0. The van der Waals surface area contributed by atoms with Gasteiger partial charge in [-0.3, -0.25) is 38.6 Å². The Kier molecular flexibility index (Phi) is 18.1. The van der Waals surface area contributed by atoms with E-state index in [1.807, 2.05) is 10.6 Å². The molecule has 6 amide bonds. The topological polar surface area (TPSA) is 392 Å². The third-order valence-corrected chi connectivity index (χ3v) is 7.31. The quantitative estimate of drug-likeness (QED) is 0.0298. The Morgan fingerprint density at radius 3 is 1.80 bits per heavy atom. The van der Waals surface area contributed by atoms with E-state index in [0.29, 0.717) is 6.42 Å². The minimum absolute atomic E-state index is 0.0135. The summed E-state index contributed by atoms with van der Waals surface area (Å²) in [6.07, 6.45) is -0.0991. The van der Waals surface area contributed by atoms with Crippen molar-refractivity contribution < 1.29 is 63.9 Å². The predicted molar refractivity (Wildman–Crippen MR) is 169 cm³/mol. The number of nitrogens with two attached hydrogens (primary N) is 3. The average molecular weight is 719 g/mol. The average Bonchev–Trinajstić information content (AvgIpc) is 3.55. The lowest BCUT2D eigenvalue weighted by atomic mass is 10.1. The number of nitrogens with zero attached hydrogens (tertiary/aromatic N) is 2. The second kappa shape index (κ2) is 21.1. The van der Waals surface area contributed by atoms with E-state index in [1.54, 1.807) is 0 Å². The molecule has 0 aromatic carbocycles. The summed E-state index contributed by atoms with van der Waals surface area (Å²) in [5.74, 6) is -8.88. The lowest BCUT2D eigenvalue weighted by Crippen LogP contribution is -2.61. The van der Waals surface area contributed by atoms with Gasteiger partial charge in [0, 0.05) is 13.1 Å². The van der Waals surface area contributed by atoms with Crippen molar-refractivity contribution in [3.63, 3.8) is 0 Å². The van der Waals surface area contributed by atoms with Crippen LogP contribution in [0.5, 0.6) is 0 Å². The van der Waals surface area contributed by atoms with Gasteiger partial charge in [-0.2, -0.15) is 0 Å². The number of carboxylic acid groups (broad SMARTS) is 2. The summed E-state index contributed by atoms with van der Waals surface area (Å²) in [7, 11) is 0. The van der Waals surface area contributed by atoms with E-state index in [4.69, 9.17) is 22.3 Å². The van der Waals surface area contributed by atoms with Gasteiger partial charge in [0.15, 0.2) is 5.96 Å². The number of carbonyl (C=O) groups excluding carboxylic acids is 6. The summed E-state index contributed by atoms with van der Waals surface area (Å²) in [4.78, 5) is 104. The van der Waals surface area contributed by atoms with E-state index in [2.05, 4.69) is 20.9 Å². The summed E-state index contributed by atoms with van der Waals surface area (Å²) in [5, 5.41) is 58.2. The van der Waals surface area contributed by atoms with Crippen molar-refractivity contribution in [1.29, 1.82) is 0 Å². The van der Waals surface area contributed by atoms with Crippen LogP contribution in [0.15, 0.2) is 4.99 Å². The molecule has 23 nitrogen and oxygen atoms in total. The summed E-state index contributed by atoms with van der Waals surface area (Å²) < 4.78 is 0. The normalized spacial score (nSPS) is 17.5. The highest BCUT2D eigenvalue weighted by atomic mass is 16.4. The number of aliphatic imine (C=N–C) groups is 1. The van der Waals surface area contributed by atoms with E-state index >= 15 is 0 Å². The molecule has 0 saturated carbocycles. The molecule has 0 spiro atoms. The molecule has 1 aliphatic heterocycles. The fraction of sp³-hybridized carbons (Fsp3) is 0.667. The minimum Gasteiger partial charge on any atom is -0.481 e. The lowest BCUT2D eigenvalue weighted by molar-refractivity contribution is -0.144. The van der Waals surface area contributed by atoms with Crippen LogP contribution in [0.25, 0.3) is 0 Å². The van der Waals surface area contributed by atoms with Crippen molar-refractivity contribution in [3.8, 4) is 0 Å². The van der Waals surface area contributed by atoms with Crippen LogP contribution in [0.4, 0.5) is 0 Å². The Hall–Kier alpha value is -5.13. The molecule has 1 rings (SSSR count). The maximum absolute atomic E-state index is 13.3. The highest BCUT2D eigenvalue weighted by molar-refractivity contribution is 5.97. The summed E-state index contributed by atoms with van der Waals surface area (Å²) in [6.45, 7) is -1.58. The predicted octanol–water partition coefficient (Wildman–Crippen LogP) is -7.66. The third-order valence-electron chi connectivity index (χ3n) is 7.31. The van der Waals surface area contributed by atoms with Crippen molar-refractivity contribution in [2.75, 3.05) is 32.9 Å². The number of aliphatic hydroxyl groups is 3. The third kappa shape index (κ3) is 13.8. The molecule has 0 aromatic rings. The lowest BCUT2D eigenvalue weighted by Gasteiger charge is -2.29. The fourth-order valence-electron chi connectivity index (χ4n) is 4.61. The molecular weight excluding hydrogens is 672 g/mol. The van der Waals surface area contributed by atoms with Crippen LogP contribution in [0.2, 0.25) is 0 Å². The molecule has 50 heavy (non-hydrogen) atoms. The number of rotatable bonds is 21. The van der Waals surface area contributed by atoms with Crippen LogP contribution in [0, 0.1) is 0 Å². The Labute approximate surface area is 285 Å². The van der Waals surface area contributed by atoms with Gasteiger partial charge in [-0.1, -0.05) is 0 Å². The van der Waals surface area contributed by atoms with Crippen molar-refractivity contribution in [2.45, 2.75) is 81.3 Å². The Bertz CT molecular complexity index is 1280. The van der Waals surface area contributed by atoms with Crippen LogP contribution in [-0.4, -0.2) is 159 Å². The van der Waals surface area contributed by atoms with Crippen molar-refractivity contribution >= 4 is 53.3 Å². The maximum atomic E-state index is 13.3. The monoisotopic (exact) mass is 718 g/mol. The summed E-state index contributed by atoms with van der Waals surface area (Å²) in [5.41, 5.74) is 15.9. The highest BCUT2D eigenvalue weighted by Crippen LogP contribution is 2.19. The minimum atomic E-state index is -1.76. The van der Waals surface area contributed by atoms with Gasteiger partial charge in [0.2, 0.25) is 35.4 Å². The van der Waals surface area contributed by atoms with Crippen LogP contribution in [-0.2, 0) is 38.4 Å². The standard InChI is InChI=1S/C27H46N10O13/c1-12(20(43)33-14(26(49)50)4-2-6-31-27(29)30)32-24(47)18-5-3-7-37(18)25(48)17(11-40)36-23(46)16(10-39)35-22(45)15(9-38)34-21(44)13(28)8-19(41)42/h12-18,38-40H,2-11,28H2,1H3,(H,32,47)(H,33,43)(H,34,44)(H,35,45)(H,36,46)(H,41,42)(H,49,50)(H4,29,30,31)/t12-,13-,14-,15-,16-,17-,18-/m0/s1. The Morgan fingerprint density at radius 1 is 0.780 bits per heavy atom. The van der Waals surface area contributed by atoms with Crippen molar-refractivity contribution in [1.82, 2.24) is 31.5 Å². The van der Waals surface area contributed by atoms with E-state index < -0.39 is 116 Å². The first-order valence-electron chi connectivity index (χ1n) is 15.4. The number of nitrogens with one attached hydrogen (secondary N) is 5. The molecule has 1 saturated heterocycles. The molecule has 0 aromatic heterocycles. The first kappa shape index (κ1) is 42.9. The zero-order valence-corrected chi connectivity index (χ0v) is 27.2. The maximum Gasteiger partial charge on any atom is 0.326 e. The first-order chi connectivity index (χ1) is 23.5. The number of guanidine groups is 1. The van der Waals surface area contributed by atoms with Crippen LogP contribution in [0.3, 0.4) is 0 Å². The first-order valence-corrected chi connectivity index (χ1v) is 15.4. The van der Waals surface area contributed by atoms with E-state index in [0.717, 1.165) is 4.90 Å². The Morgan fingerprint density at radius 2 is 1.30 bits per heavy atom. The van der Waals surface area contributed by atoms with Gasteiger partial charge in [0.1, 0.15) is 36.3 Å². The van der Waals surface area contributed by atoms with E-state index in [-0.39, 0.29) is 38.3 Å². The number of likely N-dealkylation sites (tertiary alicyclic amines) is 1. The number of hydrogen-bond donors (Lipinski definition) is 13. The number of carboxylic acids is 2. The van der Waals surface area contributed by atoms with Crippen LogP contribution in [0.1, 0.15) is 39.0 Å². The van der Waals surface area contributed by atoms with Gasteiger partial charge in [-0.15, -0.1) is 0 Å². The molecule has 1 fully saturated rings. The number of hydrogen-bond acceptors (Lipinski definition) is 13. The zero-order valence-electron chi connectivity index (χ0n) is 27.2. The molecule has 0 unspecified atom stereocenters. The van der Waals surface area contributed by atoms with Crippen LogP contribution >= 0.6 is 0 Å². The van der Waals surface area contributed by atoms with E-state index in [9.17, 15) is 58.8 Å².